The maximum Gasteiger partial charge on any atom is 0.147 e. The fraction of sp³-hybridized carbons (Fsp3) is 1.00. The van der Waals surface area contributed by atoms with Gasteiger partial charge in [-0.3, -0.25) is 0 Å². The quantitative estimate of drug-likeness (QED) is 0.784. The summed E-state index contributed by atoms with van der Waals surface area (Å²) < 4.78 is 22.7. The summed E-state index contributed by atoms with van der Waals surface area (Å²) in [6, 6.07) is 0.382. The highest BCUT2D eigenvalue weighted by Crippen LogP contribution is 2.35. The van der Waals surface area contributed by atoms with Crippen LogP contribution in [0.1, 0.15) is 52.9 Å². The molecule has 1 N–H and O–H groups in total. The summed E-state index contributed by atoms with van der Waals surface area (Å²) in [7, 11) is -2.84. The van der Waals surface area contributed by atoms with Crippen LogP contribution in [0.2, 0.25) is 0 Å². The highest BCUT2D eigenvalue weighted by atomic mass is 32.2. The molecule has 1 saturated carbocycles. The fourth-order valence-electron chi connectivity index (χ4n) is 3.32. The minimum absolute atomic E-state index is 0.314. The Bertz CT molecular complexity index is 343. The average molecular weight is 289 g/mol. The van der Waals surface area contributed by atoms with Crippen molar-refractivity contribution < 1.29 is 8.42 Å². The van der Waals surface area contributed by atoms with Gasteiger partial charge in [-0.05, 0) is 56.4 Å². The smallest absolute Gasteiger partial charge is 0.147 e. The molecular formula is C15H31NO2S. The van der Waals surface area contributed by atoms with E-state index in [-0.39, 0.29) is 0 Å². The van der Waals surface area contributed by atoms with E-state index in [2.05, 4.69) is 26.1 Å². The van der Waals surface area contributed by atoms with E-state index in [9.17, 15) is 8.42 Å². The molecule has 0 heterocycles. The first-order valence-electron chi connectivity index (χ1n) is 7.74. The summed E-state index contributed by atoms with van der Waals surface area (Å²) in [5, 5.41) is 3.50. The second-order valence-electron chi connectivity index (χ2n) is 6.50. The highest BCUT2D eigenvalue weighted by Gasteiger charge is 2.28. The van der Waals surface area contributed by atoms with Gasteiger partial charge in [0.05, 0.1) is 5.75 Å². The molecule has 4 heteroatoms. The van der Waals surface area contributed by atoms with E-state index in [1.165, 1.54) is 31.9 Å². The minimum Gasteiger partial charge on any atom is -0.314 e. The monoisotopic (exact) mass is 289 g/mol. The number of rotatable bonds is 7. The van der Waals surface area contributed by atoms with Gasteiger partial charge in [-0.1, -0.05) is 20.8 Å². The highest BCUT2D eigenvalue weighted by molar-refractivity contribution is 7.90. The van der Waals surface area contributed by atoms with Crippen LogP contribution in [-0.2, 0) is 9.84 Å². The fourth-order valence-corrected chi connectivity index (χ4v) is 4.00. The van der Waals surface area contributed by atoms with Gasteiger partial charge in [-0.25, -0.2) is 8.42 Å². The Morgan fingerprint density at radius 2 is 1.63 bits per heavy atom. The molecule has 0 aromatic rings. The second-order valence-corrected chi connectivity index (χ2v) is 8.76. The van der Waals surface area contributed by atoms with Crippen molar-refractivity contribution in [1.29, 1.82) is 0 Å². The van der Waals surface area contributed by atoms with Crippen LogP contribution in [0.3, 0.4) is 0 Å². The molecule has 1 aliphatic carbocycles. The normalized spacial score (nSPS) is 26.6. The van der Waals surface area contributed by atoms with Crippen LogP contribution in [0.15, 0.2) is 0 Å². The van der Waals surface area contributed by atoms with Crippen LogP contribution in [0.5, 0.6) is 0 Å². The van der Waals surface area contributed by atoms with Gasteiger partial charge in [-0.15, -0.1) is 0 Å². The summed E-state index contributed by atoms with van der Waals surface area (Å²) in [6.45, 7) is 7.67. The molecule has 1 atom stereocenters. The van der Waals surface area contributed by atoms with E-state index >= 15 is 0 Å². The van der Waals surface area contributed by atoms with Gasteiger partial charge in [0, 0.05) is 12.3 Å². The lowest BCUT2D eigenvalue weighted by Crippen LogP contribution is -2.39. The maximum absolute atomic E-state index is 11.3. The maximum atomic E-state index is 11.3. The molecule has 1 unspecified atom stereocenters. The van der Waals surface area contributed by atoms with Crippen LogP contribution in [0, 0.1) is 17.8 Å². The van der Waals surface area contributed by atoms with Crippen LogP contribution in [0.4, 0.5) is 0 Å². The van der Waals surface area contributed by atoms with Gasteiger partial charge >= 0.3 is 0 Å². The number of nitrogens with one attached hydrogen (secondary N) is 1. The molecule has 0 spiro atoms. The molecule has 3 nitrogen and oxygen atoms in total. The van der Waals surface area contributed by atoms with Crippen molar-refractivity contribution in [2.45, 2.75) is 58.9 Å². The zero-order chi connectivity index (χ0) is 14.5. The molecule has 0 aromatic carbocycles. The Labute approximate surface area is 119 Å². The first-order valence-corrected chi connectivity index (χ1v) is 9.80. The molecule has 1 fully saturated rings. The predicted molar refractivity (Wildman–Crippen MR) is 82.1 cm³/mol. The molecule has 1 rings (SSSR count). The molecule has 0 aromatic heterocycles. The third-order valence-corrected chi connectivity index (χ3v) is 5.57. The zero-order valence-corrected chi connectivity index (χ0v) is 13.8. The summed E-state index contributed by atoms with van der Waals surface area (Å²) in [5.74, 6) is 2.63. The molecule has 0 amide bonds. The van der Waals surface area contributed by atoms with Gasteiger partial charge in [0.1, 0.15) is 9.84 Å². The third kappa shape index (κ3) is 6.26. The molecular weight excluding hydrogens is 258 g/mol. The minimum atomic E-state index is -2.84. The Kier molecular flexibility index (Phi) is 6.81. The average Bonchev–Trinajstić information content (AvgIpc) is 2.33. The number of hydrogen-bond acceptors (Lipinski definition) is 3. The molecule has 0 bridgehead atoms. The van der Waals surface area contributed by atoms with E-state index in [4.69, 9.17) is 0 Å². The molecule has 0 saturated heterocycles. The van der Waals surface area contributed by atoms with Crippen molar-refractivity contribution in [3.8, 4) is 0 Å². The van der Waals surface area contributed by atoms with Gasteiger partial charge in [0.25, 0.3) is 0 Å². The lowest BCUT2D eigenvalue weighted by molar-refractivity contribution is 0.187. The van der Waals surface area contributed by atoms with E-state index < -0.39 is 9.84 Å². The predicted octanol–water partition coefficient (Wildman–Crippen LogP) is 2.86. The van der Waals surface area contributed by atoms with Crippen LogP contribution < -0.4 is 5.32 Å². The van der Waals surface area contributed by atoms with Crippen molar-refractivity contribution in [2.75, 3.05) is 18.6 Å². The second kappa shape index (κ2) is 7.63. The molecule has 0 aliphatic heterocycles. The molecule has 0 radical (unpaired) electrons. The lowest BCUT2D eigenvalue weighted by Gasteiger charge is -2.35. The van der Waals surface area contributed by atoms with E-state index in [1.54, 1.807) is 0 Å². The molecule has 1 aliphatic rings. The zero-order valence-electron chi connectivity index (χ0n) is 13.0. The Hall–Kier alpha value is -0.0900. The first-order chi connectivity index (χ1) is 8.83. The van der Waals surface area contributed by atoms with Crippen LogP contribution >= 0.6 is 0 Å². The summed E-state index contributed by atoms with van der Waals surface area (Å²) in [5.41, 5.74) is 0. The number of sulfone groups is 1. The van der Waals surface area contributed by atoms with E-state index in [0.29, 0.717) is 17.7 Å². The Morgan fingerprint density at radius 1 is 1.11 bits per heavy atom. The van der Waals surface area contributed by atoms with Gasteiger partial charge < -0.3 is 5.32 Å². The lowest BCUT2D eigenvalue weighted by atomic mass is 9.74. The topological polar surface area (TPSA) is 46.2 Å². The first kappa shape index (κ1) is 17.0. The summed E-state index contributed by atoms with van der Waals surface area (Å²) >= 11 is 0. The summed E-state index contributed by atoms with van der Waals surface area (Å²) in [6.07, 6.45) is 7.23. The Balaban J connectivity index is 2.49. The van der Waals surface area contributed by atoms with Gasteiger partial charge in [0.2, 0.25) is 0 Å². The van der Waals surface area contributed by atoms with Crippen molar-refractivity contribution in [3.63, 3.8) is 0 Å². The molecule has 19 heavy (non-hydrogen) atoms. The van der Waals surface area contributed by atoms with Crippen LogP contribution in [-0.4, -0.2) is 33.0 Å². The van der Waals surface area contributed by atoms with Crippen molar-refractivity contribution in [2.24, 2.45) is 17.8 Å². The van der Waals surface area contributed by atoms with Crippen molar-refractivity contribution in [3.05, 3.63) is 0 Å². The van der Waals surface area contributed by atoms with Gasteiger partial charge in [-0.2, -0.15) is 0 Å². The third-order valence-electron chi connectivity index (χ3n) is 4.59. The molecule has 114 valence electrons. The standard InChI is InChI=1S/C15H31NO2S/c1-5-16-15(10-11-19(4,17)18)14-8-6-13(7-9-14)12(2)3/h12-16H,5-11H2,1-4H3. The SMILES string of the molecule is CCNC(CCS(C)(=O)=O)C1CCC(C(C)C)CC1. The summed E-state index contributed by atoms with van der Waals surface area (Å²) in [4.78, 5) is 0. The van der Waals surface area contributed by atoms with E-state index in [1.807, 2.05) is 0 Å². The van der Waals surface area contributed by atoms with E-state index in [0.717, 1.165) is 24.8 Å². The Morgan fingerprint density at radius 3 is 2.05 bits per heavy atom. The largest absolute Gasteiger partial charge is 0.314 e. The van der Waals surface area contributed by atoms with Crippen molar-refractivity contribution >= 4 is 9.84 Å². The van der Waals surface area contributed by atoms with Crippen molar-refractivity contribution in [1.82, 2.24) is 5.32 Å². The van der Waals surface area contributed by atoms with Crippen LogP contribution in [0.25, 0.3) is 0 Å². The van der Waals surface area contributed by atoms with Gasteiger partial charge in [0.15, 0.2) is 0 Å². The number of hydrogen-bond donors (Lipinski definition) is 1.